The summed E-state index contributed by atoms with van der Waals surface area (Å²) in [5, 5.41) is 2.29. The van der Waals surface area contributed by atoms with E-state index < -0.39 is 12.1 Å². The first kappa shape index (κ1) is 10.6. The van der Waals surface area contributed by atoms with Gasteiger partial charge in [0.15, 0.2) is 6.10 Å². The van der Waals surface area contributed by atoms with E-state index in [-0.39, 0.29) is 5.57 Å². The van der Waals surface area contributed by atoms with Crippen molar-refractivity contribution in [1.82, 2.24) is 4.98 Å². The average molecular weight is 211 g/mol. The molecule has 0 fully saturated rings. The summed E-state index contributed by atoms with van der Waals surface area (Å²) in [5.41, 5.74) is 0.190. The van der Waals surface area contributed by atoms with Gasteiger partial charge in [-0.25, -0.2) is 4.98 Å². The van der Waals surface area contributed by atoms with Crippen molar-refractivity contribution in [2.24, 2.45) is 0 Å². The first-order valence-corrected chi connectivity index (χ1v) is 4.73. The molecular weight excluding hydrogens is 202 g/mol. The van der Waals surface area contributed by atoms with E-state index in [9.17, 15) is 9.59 Å². The van der Waals surface area contributed by atoms with Crippen molar-refractivity contribution in [3.63, 3.8) is 0 Å². The first-order valence-electron chi connectivity index (χ1n) is 3.85. The number of aldehydes is 1. The number of esters is 1. The van der Waals surface area contributed by atoms with Gasteiger partial charge < -0.3 is 4.74 Å². The van der Waals surface area contributed by atoms with E-state index in [0.29, 0.717) is 11.3 Å². The molecule has 1 aromatic rings. The maximum atomic E-state index is 10.8. The van der Waals surface area contributed by atoms with Gasteiger partial charge in [0.1, 0.15) is 11.3 Å². The van der Waals surface area contributed by atoms with Crippen LogP contribution in [0.4, 0.5) is 0 Å². The van der Waals surface area contributed by atoms with Gasteiger partial charge >= 0.3 is 5.97 Å². The van der Waals surface area contributed by atoms with Gasteiger partial charge in [-0.1, -0.05) is 6.58 Å². The van der Waals surface area contributed by atoms with Gasteiger partial charge in [0, 0.05) is 24.1 Å². The smallest absolute Gasteiger partial charge is 0.303 e. The fourth-order valence-electron chi connectivity index (χ4n) is 0.876. The van der Waals surface area contributed by atoms with Gasteiger partial charge in [0.2, 0.25) is 0 Å². The Morgan fingerprint density at radius 2 is 2.50 bits per heavy atom. The van der Waals surface area contributed by atoms with Crippen molar-refractivity contribution < 1.29 is 14.3 Å². The number of hydrogen-bond donors (Lipinski definition) is 0. The molecule has 1 rings (SSSR count). The lowest BCUT2D eigenvalue weighted by Gasteiger charge is -2.12. The second kappa shape index (κ2) is 4.66. The van der Waals surface area contributed by atoms with Gasteiger partial charge in [0.25, 0.3) is 0 Å². The van der Waals surface area contributed by atoms with E-state index in [1.54, 1.807) is 11.6 Å². The molecule has 0 amide bonds. The van der Waals surface area contributed by atoms with Crippen molar-refractivity contribution in [1.29, 1.82) is 0 Å². The highest BCUT2D eigenvalue weighted by Crippen LogP contribution is 2.25. The predicted octanol–water partition coefficient (Wildman–Crippen LogP) is 1.50. The molecule has 0 aliphatic carbocycles. The van der Waals surface area contributed by atoms with Crippen molar-refractivity contribution in [3.8, 4) is 0 Å². The van der Waals surface area contributed by atoms with Crippen LogP contribution in [0.25, 0.3) is 0 Å². The van der Waals surface area contributed by atoms with Crippen LogP contribution in [-0.2, 0) is 14.3 Å². The molecule has 0 aromatic carbocycles. The SMILES string of the molecule is C=C(C=O)C(OC(C)=O)c1nccs1. The molecule has 74 valence electrons. The summed E-state index contributed by atoms with van der Waals surface area (Å²) in [7, 11) is 0. The number of carbonyl (C=O) groups excluding carboxylic acids is 2. The molecule has 0 radical (unpaired) electrons. The largest absolute Gasteiger partial charge is 0.450 e. The van der Waals surface area contributed by atoms with E-state index in [1.165, 1.54) is 18.3 Å². The van der Waals surface area contributed by atoms with E-state index in [4.69, 9.17) is 4.74 Å². The fourth-order valence-corrected chi connectivity index (χ4v) is 1.58. The Morgan fingerprint density at radius 3 is 2.93 bits per heavy atom. The highest BCUT2D eigenvalue weighted by Gasteiger charge is 2.20. The lowest BCUT2D eigenvalue weighted by molar-refractivity contribution is -0.145. The molecule has 1 atom stereocenters. The van der Waals surface area contributed by atoms with Crippen molar-refractivity contribution >= 4 is 23.6 Å². The van der Waals surface area contributed by atoms with E-state index in [1.807, 2.05) is 0 Å². The number of aromatic nitrogens is 1. The topological polar surface area (TPSA) is 56.3 Å². The van der Waals surface area contributed by atoms with Gasteiger partial charge in [-0.15, -0.1) is 11.3 Å². The molecule has 1 aromatic heterocycles. The van der Waals surface area contributed by atoms with Crippen LogP contribution in [0.2, 0.25) is 0 Å². The van der Waals surface area contributed by atoms with Gasteiger partial charge in [-0.2, -0.15) is 0 Å². The molecule has 0 saturated carbocycles. The van der Waals surface area contributed by atoms with Crippen LogP contribution in [0.1, 0.15) is 18.0 Å². The summed E-state index contributed by atoms with van der Waals surface area (Å²) >= 11 is 1.31. The number of nitrogens with zero attached hydrogens (tertiary/aromatic N) is 1. The molecule has 0 bridgehead atoms. The highest BCUT2D eigenvalue weighted by atomic mass is 32.1. The zero-order valence-electron chi connectivity index (χ0n) is 7.60. The van der Waals surface area contributed by atoms with Crippen molar-refractivity contribution in [2.45, 2.75) is 13.0 Å². The summed E-state index contributed by atoms with van der Waals surface area (Å²) in [4.78, 5) is 25.2. The second-order valence-corrected chi connectivity index (χ2v) is 3.48. The van der Waals surface area contributed by atoms with Crippen molar-refractivity contribution in [2.75, 3.05) is 0 Å². The van der Waals surface area contributed by atoms with Gasteiger partial charge in [-0.3, -0.25) is 9.59 Å². The lowest BCUT2D eigenvalue weighted by Crippen LogP contribution is -2.11. The summed E-state index contributed by atoms with van der Waals surface area (Å²) in [6.45, 7) is 4.78. The Labute approximate surface area is 85.2 Å². The highest BCUT2D eigenvalue weighted by molar-refractivity contribution is 7.09. The first-order chi connectivity index (χ1) is 6.65. The standard InChI is InChI=1S/C9H9NO3S/c1-6(5-11)8(13-7(2)12)9-10-3-4-14-9/h3-5,8H,1H2,2H3. The maximum absolute atomic E-state index is 10.8. The van der Waals surface area contributed by atoms with E-state index in [0.717, 1.165) is 0 Å². The minimum absolute atomic E-state index is 0.190. The third-order valence-corrected chi connectivity index (χ3v) is 2.27. The number of ether oxygens (including phenoxy) is 1. The Morgan fingerprint density at radius 1 is 1.79 bits per heavy atom. The number of hydrogen-bond acceptors (Lipinski definition) is 5. The van der Waals surface area contributed by atoms with E-state index >= 15 is 0 Å². The minimum Gasteiger partial charge on any atom is -0.450 e. The van der Waals surface area contributed by atoms with Crippen LogP contribution in [-0.4, -0.2) is 17.2 Å². The summed E-state index contributed by atoms with van der Waals surface area (Å²) in [6, 6.07) is 0. The number of rotatable bonds is 4. The third kappa shape index (κ3) is 2.50. The predicted molar refractivity (Wildman–Crippen MR) is 51.8 cm³/mol. The fraction of sp³-hybridized carbons (Fsp3) is 0.222. The molecule has 0 N–H and O–H groups in total. The molecule has 5 heteroatoms. The maximum Gasteiger partial charge on any atom is 0.303 e. The van der Waals surface area contributed by atoms with Crippen LogP contribution >= 0.6 is 11.3 Å². The van der Waals surface area contributed by atoms with Crippen molar-refractivity contribution in [3.05, 3.63) is 28.7 Å². The molecular formula is C9H9NO3S. The molecule has 0 aliphatic heterocycles. The molecule has 1 heterocycles. The molecule has 0 saturated heterocycles. The Balaban J connectivity index is 2.87. The van der Waals surface area contributed by atoms with Gasteiger partial charge in [-0.05, 0) is 0 Å². The third-order valence-electron chi connectivity index (χ3n) is 1.45. The quantitative estimate of drug-likeness (QED) is 0.430. The molecule has 0 spiro atoms. The average Bonchev–Trinajstić information content (AvgIpc) is 2.65. The summed E-state index contributed by atoms with van der Waals surface area (Å²) < 4.78 is 4.93. The van der Waals surface area contributed by atoms with Crippen LogP contribution < -0.4 is 0 Å². The zero-order valence-corrected chi connectivity index (χ0v) is 8.41. The second-order valence-electron chi connectivity index (χ2n) is 2.55. The van der Waals surface area contributed by atoms with Gasteiger partial charge in [0.05, 0.1) is 0 Å². The normalized spacial score (nSPS) is 11.8. The monoisotopic (exact) mass is 211 g/mol. The summed E-state index contributed by atoms with van der Waals surface area (Å²) in [6.07, 6.45) is 1.40. The Bertz CT molecular complexity index is 345. The molecule has 14 heavy (non-hydrogen) atoms. The number of carbonyl (C=O) groups is 2. The van der Waals surface area contributed by atoms with Crippen LogP contribution in [0.15, 0.2) is 23.7 Å². The van der Waals surface area contributed by atoms with Crippen LogP contribution in [0.5, 0.6) is 0 Å². The summed E-state index contributed by atoms with van der Waals surface area (Å²) in [5.74, 6) is -0.465. The Hall–Kier alpha value is -1.49. The minimum atomic E-state index is -0.745. The molecule has 4 nitrogen and oxygen atoms in total. The number of thiazole rings is 1. The zero-order chi connectivity index (χ0) is 10.6. The molecule has 1 unspecified atom stereocenters. The van der Waals surface area contributed by atoms with Crippen LogP contribution in [0, 0.1) is 0 Å². The van der Waals surface area contributed by atoms with Crippen LogP contribution in [0.3, 0.4) is 0 Å². The Kier molecular flexibility index (Phi) is 3.53. The lowest BCUT2D eigenvalue weighted by atomic mass is 10.2. The molecule has 0 aliphatic rings. The van der Waals surface area contributed by atoms with E-state index in [2.05, 4.69) is 11.6 Å².